The number of hydrogen-bond acceptors (Lipinski definition) is 5. The maximum Gasteiger partial charge on any atom is 0.407 e. The Kier molecular flexibility index (Phi) is 5.35. The predicted octanol–water partition coefficient (Wildman–Crippen LogP) is 2.42. The Bertz CT molecular complexity index is 434. The molecule has 0 aliphatic rings. The van der Waals surface area contributed by atoms with Gasteiger partial charge >= 0.3 is 6.09 Å². The lowest BCUT2D eigenvalue weighted by Gasteiger charge is -2.21. The van der Waals surface area contributed by atoms with Crippen LogP contribution in [-0.4, -0.2) is 34.3 Å². The van der Waals surface area contributed by atoms with Gasteiger partial charge in [-0.1, -0.05) is 11.6 Å². The van der Waals surface area contributed by atoms with Crippen LogP contribution in [0.5, 0.6) is 5.88 Å². The number of nitrogens with one attached hydrogen (secondary N) is 1. The topological polar surface area (TPSA) is 73.3 Å². The SMILES string of the molecule is C[C@H](COc1cncc(Cl)n1)NC(=O)OC(C)(C)C. The predicted molar refractivity (Wildman–Crippen MR) is 71.4 cm³/mol. The molecule has 19 heavy (non-hydrogen) atoms. The molecule has 0 spiro atoms. The number of carbonyl (C=O) groups excluding carboxylic acids is 1. The fourth-order valence-corrected chi connectivity index (χ4v) is 1.30. The molecule has 106 valence electrons. The lowest BCUT2D eigenvalue weighted by atomic mass is 10.2. The zero-order valence-electron chi connectivity index (χ0n) is 11.4. The van der Waals surface area contributed by atoms with E-state index in [2.05, 4.69) is 15.3 Å². The maximum absolute atomic E-state index is 11.5. The van der Waals surface area contributed by atoms with E-state index in [0.29, 0.717) is 5.88 Å². The van der Waals surface area contributed by atoms with E-state index in [1.807, 2.05) is 0 Å². The summed E-state index contributed by atoms with van der Waals surface area (Å²) >= 11 is 5.67. The zero-order chi connectivity index (χ0) is 14.5. The van der Waals surface area contributed by atoms with Crippen LogP contribution in [-0.2, 0) is 4.74 Å². The third-order valence-corrected chi connectivity index (χ3v) is 2.01. The highest BCUT2D eigenvalue weighted by molar-refractivity contribution is 6.29. The molecule has 0 aromatic carbocycles. The number of hydrogen-bond donors (Lipinski definition) is 1. The van der Waals surface area contributed by atoms with Gasteiger partial charge in [0.1, 0.15) is 12.2 Å². The van der Waals surface area contributed by atoms with Gasteiger partial charge in [0.05, 0.1) is 18.4 Å². The summed E-state index contributed by atoms with van der Waals surface area (Å²) in [4.78, 5) is 19.3. The Balaban J connectivity index is 2.36. The second-order valence-corrected chi connectivity index (χ2v) is 5.43. The van der Waals surface area contributed by atoms with Crippen LogP contribution in [0.15, 0.2) is 12.4 Å². The number of alkyl carbamates (subject to hydrolysis) is 1. The molecule has 1 heterocycles. The molecule has 0 saturated heterocycles. The van der Waals surface area contributed by atoms with Crippen molar-refractivity contribution in [1.82, 2.24) is 15.3 Å². The van der Waals surface area contributed by atoms with E-state index in [1.165, 1.54) is 12.4 Å². The Hall–Kier alpha value is -1.56. The van der Waals surface area contributed by atoms with Gasteiger partial charge < -0.3 is 14.8 Å². The molecule has 7 heteroatoms. The van der Waals surface area contributed by atoms with Crippen molar-refractivity contribution in [3.05, 3.63) is 17.5 Å². The average Bonchev–Trinajstić information content (AvgIpc) is 2.23. The molecule has 6 nitrogen and oxygen atoms in total. The second-order valence-electron chi connectivity index (χ2n) is 5.04. The van der Waals surface area contributed by atoms with Gasteiger partial charge in [-0.3, -0.25) is 4.98 Å². The van der Waals surface area contributed by atoms with Gasteiger partial charge in [0.15, 0.2) is 5.15 Å². The number of halogens is 1. The first-order valence-electron chi connectivity index (χ1n) is 5.86. The van der Waals surface area contributed by atoms with Gasteiger partial charge in [0.25, 0.3) is 0 Å². The van der Waals surface area contributed by atoms with Crippen molar-refractivity contribution in [2.24, 2.45) is 0 Å². The normalized spacial score (nSPS) is 12.7. The maximum atomic E-state index is 11.5. The Morgan fingerprint density at radius 1 is 1.47 bits per heavy atom. The van der Waals surface area contributed by atoms with Crippen LogP contribution >= 0.6 is 11.6 Å². The van der Waals surface area contributed by atoms with E-state index in [-0.39, 0.29) is 17.8 Å². The molecule has 1 atom stereocenters. The molecule has 1 rings (SSSR count). The first-order chi connectivity index (χ1) is 8.76. The largest absolute Gasteiger partial charge is 0.474 e. The van der Waals surface area contributed by atoms with E-state index in [1.54, 1.807) is 27.7 Å². The smallest absolute Gasteiger partial charge is 0.407 e. The van der Waals surface area contributed by atoms with E-state index < -0.39 is 11.7 Å². The van der Waals surface area contributed by atoms with Crippen LogP contribution in [0.2, 0.25) is 5.15 Å². The first-order valence-corrected chi connectivity index (χ1v) is 6.24. The van der Waals surface area contributed by atoms with Crippen LogP contribution in [0, 0.1) is 0 Å². The minimum atomic E-state index is -0.525. The van der Waals surface area contributed by atoms with E-state index in [0.717, 1.165) is 0 Å². The molecule has 0 unspecified atom stereocenters. The Labute approximate surface area is 117 Å². The van der Waals surface area contributed by atoms with Crippen molar-refractivity contribution >= 4 is 17.7 Å². The van der Waals surface area contributed by atoms with Crippen LogP contribution in [0.25, 0.3) is 0 Å². The monoisotopic (exact) mass is 287 g/mol. The first kappa shape index (κ1) is 15.5. The lowest BCUT2D eigenvalue weighted by molar-refractivity contribution is 0.0493. The van der Waals surface area contributed by atoms with Gasteiger partial charge in [-0.05, 0) is 27.7 Å². The fourth-order valence-electron chi connectivity index (χ4n) is 1.16. The van der Waals surface area contributed by atoms with E-state index in [4.69, 9.17) is 21.1 Å². The highest BCUT2D eigenvalue weighted by Gasteiger charge is 2.17. The summed E-state index contributed by atoms with van der Waals surface area (Å²) in [6, 6.07) is -0.226. The van der Waals surface area contributed by atoms with Crippen molar-refractivity contribution < 1.29 is 14.3 Å². The molecule has 1 aromatic rings. The molecule has 0 aliphatic heterocycles. The molecule has 0 bridgehead atoms. The third-order valence-electron chi connectivity index (χ3n) is 1.83. The third kappa shape index (κ3) is 6.81. The second kappa shape index (κ2) is 6.56. The molecule has 1 aromatic heterocycles. The minimum Gasteiger partial charge on any atom is -0.474 e. The summed E-state index contributed by atoms with van der Waals surface area (Å²) in [5.74, 6) is 0.310. The van der Waals surface area contributed by atoms with Crippen LogP contribution < -0.4 is 10.1 Å². The van der Waals surface area contributed by atoms with Crippen molar-refractivity contribution in [3.63, 3.8) is 0 Å². The molecular formula is C12H18ClN3O3. The van der Waals surface area contributed by atoms with Gasteiger partial charge in [-0.25, -0.2) is 4.79 Å². The van der Waals surface area contributed by atoms with Crippen LogP contribution in [0.3, 0.4) is 0 Å². The van der Waals surface area contributed by atoms with E-state index in [9.17, 15) is 4.79 Å². The van der Waals surface area contributed by atoms with Gasteiger partial charge in [-0.15, -0.1) is 0 Å². The summed E-state index contributed by atoms with van der Waals surface area (Å²) in [6.45, 7) is 7.44. The fraction of sp³-hybridized carbons (Fsp3) is 0.583. The molecule has 0 fully saturated rings. The molecule has 1 N–H and O–H groups in total. The molecule has 0 radical (unpaired) electrons. The zero-order valence-corrected chi connectivity index (χ0v) is 12.2. The van der Waals surface area contributed by atoms with Gasteiger partial charge in [0, 0.05) is 0 Å². The van der Waals surface area contributed by atoms with Crippen molar-refractivity contribution in [2.75, 3.05) is 6.61 Å². The Morgan fingerprint density at radius 3 is 2.74 bits per heavy atom. The van der Waals surface area contributed by atoms with Crippen molar-refractivity contribution in [3.8, 4) is 5.88 Å². The summed E-state index contributed by atoms with van der Waals surface area (Å²) in [5.41, 5.74) is -0.525. The molecule has 0 aliphatic carbocycles. The number of rotatable bonds is 4. The Morgan fingerprint density at radius 2 is 2.16 bits per heavy atom. The average molecular weight is 288 g/mol. The summed E-state index contributed by atoms with van der Waals surface area (Å²) < 4.78 is 10.5. The molecule has 1 amide bonds. The molecular weight excluding hydrogens is 270 g/mol. The summed E-state index contributed by atoms with van der Waals surface area (Å²) in [7, 11) is 0. The number of aromatic nitrogens is 2. The summed E-state index contributed by atoms with van der Waals surface area (Å²) in [5, 5.41) is 2.91. The number of amides is 1. The lowest BCUT2D eigenvalue weighted by Crippen LogP contribution is -2.40. The highest BCUT2D eigenvalue weighted by atomic mass is 35.5. The van der Waals surface area contributed by atoms with Gasteiger partial charge in [0.2, 0.25) is 5.88 Å². The van der Waals surface area contributed by atoms with Crippen molar-refractivity contribution in [2.45, 2.75) is 39.3 Å². The highest BCUT2D eigenvalue weighted by Crippen LogP contribution is 2.09. The van der Waals surface area contributed by atoms with Gasteiger partial charge in [-0.2, -0.15) is 4.98 Å². The van der Waals surface area contributed by atoms with E-state index >= 15 is 0 Å². The van der Waals surface area contributed by atoms with Crippen LogP contribution in [0.1, 0.15) is 27.7 Å². The van der Waals surface area contributed by atoms with Crippen LogP contribution in [0.4, 0.5) is 4.79 Å². The number of carbonyl (C=O) groups is 1. The van der Waals surface area contributed by atoms with Crippen molar-refractivity contribution in [1.29, 1.82) is 0 Å². The number of ether oxygens (including phenoxy) is 2. The quantitative estimate of drug-likeness (QED) is 0.920. The molecule has 0 saturated carbocycles. The number of nitrogens with zero attached hydrogens (tertiary/aromatic N) is 2. The summed E-state index contributed by atoms with van der Waals surface area (Å²) in [6.07, 6.45) is 2.38. The standard InChI is InChI=1S/C12H18ClN3O3/c1-8(15-11(17)19-12(2,3)4)7-18-10-6-14-5-9(13)16-10/h5-6,8H,7H2,1-4H3,(H,15,17)/t8-/m1/s1. The minimum absolute atomic E-state index is 0.226.